The molecule has 2 aromatic rings. The van der Waals surface area contributed by atoms with Gasteiger partial charge in [0.25, 0.3) is 0 Å². The number of anilines is 1. The molecular weight excluding hydrogens is 324 g/mol. The van der Waals surface area contributed by atoms with Crippen LogP contribution in [0.1, 0.15) is 12.2 Å². The van der Waals surface area contributed by atoms with Crippen LogP contribution in [0.4, 0.5) is 5.69 Å². The van der Waals surface area contributed by atoms with E-state index in [-0.39, 0.29) is 18.2 Å². The Kier molecular flexibility index (Phi) is 4.92. The van der Waals surface area contributed by atoms with E-state index in [2.05, 4.69) is 5.32 Å². The van der Waals surface area contributed by atoms with Gasteiger partial charge in [0.05, 0.1) is 38.6 Å². The maximum absolute atomic E-state index is 12.6. The van der Waals surface area contributed by atoms with Gasteiger partial charge in [0, 0.05) is 19.0 Å². The van der Waals surface area contributed by atoms with Crippen molar-refractivity contribution in [3.63, 3.8) is 0 Å². The normalized spacial score (nSPS) is 16.8. The number of carbonyl (C=O) groups is 2. The van der Waals surface area contributed by atoms with Crippen LogP contribution in [0.5, 0.6) is 11.5 Å². The molecule has 7 nitrogen and oxygen atoms in total. The Morgan fingerprint density at radius 1 is 1.32 bits per heavy atom. The molecule has 1 fully saturated rings. The zero-order chi connectivity index (χ0) is 17.8. The molecule has 0 radical (unpaired) electrons. The highest BCUT2D eigenvalue weighted by Crippen LogP contribution is 2.30. The van der Waals surface area contributed by atoms with Gasteiger partial charge in [0.2, 0.25) is 11.8 Å². The molecule has 0 unspecified atom stereocenters. The van der Waals surface area contributed by atoms with Crippen LogP contribution in [0.25, 0.3) is 0 Å². The SMILES string of the molecule is COc1ccc(OC)c(NC(=O)[C@@H]2CC(=O)N(Cc3ccco3)C2)c1. The van der Waals surface area contributed by atoms with Gasteiger partial charge >= 0.3 is 0 Å². The number of nitrogens with one attached hydrogen (secondary N) is 1. The van der Waals surface area contributed by atoms with Crippen molar-refractivity contribution in [1.29, 1.82) is 0 Å². The van der Waals surface area contributed by atoms with Crippen molar-refractivity contribution in [1.82, 2.24) is 4.90 Å². The van der Waals surface area contributed by atoms with Gasteiger partial charge in [-0.1, -0.05) is 0 Å². The molecule has 1 aliphatic heterocycles. The van der Waals surface area contributed by atoms with E-state index in [0.29, 0.717) is 36.0 Å². The standard InChI is InChI=1S/C18H20N2O5/c1-23-13-5-6-16(24-2)15(9-13)19-18(22)12-8-17(21)20(10-12)11-14-4-3-7-25-14/h3-7,9,12H,8,10-11H2,1-2H3,(H,19,22)/t12-/m1/s1. The molecule has 0 bridgehead atoms. The summed E-state index contributed by atoms with van der Waals surface area (Å²) in [6.07, 6.45) is 1.74. The summed E-state index contributed by atoms with van der Waals surface area (Å²) in [6, 6.07) is 8.74. The van der Waals surface area contributed by atoms with Crippen LogP contribution in [0.3, 0.4) is 0 Å². The van der Waals surface area contributed by atoms with Gasteiger partial charge in [0.15, 0.2) is 0 Å². The lowest BCUT2D eigenvalue weighted by Crippen LogP contribution is -2.28. The third kappa shape index (κ3) is 3.76. The first kappa shape index (κ1) is 16.9. The molecule has 0 aliphatic carbocycles. The number of hydrogen-bond acceptors (Lipinski definition) is 5. The summed E-state index contributed by atoms with van der Waals surface area (Å²) < 4.78 is 15.7. The molecule has 2 amide bonds. The van der Waals surface area contributed by atoms with E-state index in [4.69, 9.17) is 13.9 Å². The van der Waals surface area contributed by atoms with E-state index in [9.17, 15) is 9.59 Å². The molecule has 1 aromatic carbocycles. The van der Waals surface area contributed by atoms with Crippen LogP contribution in [-0.2, 0) is 16.1 Å². The number of methoxy groups -OCH3 is 2. The molecule has 1 aliphatic rings. The zero-order valence-corrected chi connectivity index (χ0v) is 14.2. The average molecular weight is 344 g/mol. The molecule has 2 heterocycles. The lowest BCUT2D eigenvalue weighted by atomic mass is 10.1. The Labute approximate surface area is 145 Å². The van der Waals surface area contributed by atoms with Crippen molar-refractivity contribution in [2.75, 3.05) is 26.1 Å². The van der Waals surface area contributed by atoms with Crippen molar-refractivity contribution in [2.45, 2.75) is 13.0 Å². The van der Waals surface area contributed by atoms with Gasteiger partial charge in [-0.3, -0.25) is 9.59 Å². The van der Waals surface area contributed by atoms with Crippen LogP contribution in [-0.4, -0.2) is 37.5 Å². The minimum absolute atomic E-state index is 0.0610. The van der Waals surface area contributed by atoms with Crippen molar-refractivity contribution in [3.8, 4) is 11.5 Å². The second-order valence-electron chi connectivity index (χ2n) is 5.81. The monoisotopic (exact) mass is 344 g/mol. The van der Waals surface area contributed by atoms with Gasteiger partial charge in [0.1, 0.15) is 17.3 Å². The fourth-order valence-corrected chi connectivity index (χ4v) is 2.84. The Morgan fingerprint density at radius 2 is 2.16 bits per heavy atom. The second kappa shape index (κ2) is 7.29. The molecular formula is C18H20N2O5. The predicted octanol–water partition coefficient (Wildman–Crippen LogP) is 2.28. The summed E-state index contributed by atoms with van der Waals surface area (Å²) in [5.41, 5.74) is 0.517. The van der Waals surface area contributed by atoms with Gasteiger partial charge in [-0.25, -0.2) is 0 Å². The van der Waals surface area contributed by atoms with Crippen LogP contribution in [0, 0.1) is 5.92 Å². The number of rotatable bonds is 6. The molecule has 132 valence electrons. The van der Waals surface area contributed by atoms with E-state index < -0.39 is 5.92 Å². The van der Waals surface area contributed by atoms with Crippen molar-refractivity contribution >= 4 is 17.5 Å². The topological polar surface area (TPSA) is 81.0 Å². The fourth-order valence-electron chi connectivity index (χ4n) is 2.84. The van der Waals surface area contributed by atoms with Crippen molar-refractivity contribution < 1.29 is 23.5 Å². The first-order valence-corrected chi connectivity index (χ1v) is 7.93. The number of ether oxygens (including phenoxy) is 2. The number of amides is 2. The van der Waals surface area contributed by atoms with Crippen molar-refractivity contribution in [2.24, 2.45) is 5.92 Å². The number of hydrogen-bond donors (Lipinski definition) is 1. The molecule has 1 aromatic heterocycles. The Balaban J connectivity index is 1.67. The molecule has 3 rings (SSSR count). The Hall–Kier alpha value is -2.96. The maximum Gasteiger partial charge on any atom is 0.229 e. The highest BCUT2D eigenvalue weighted by molar-refractivity contribution is 5.98. The molecule has 25 heavy (non-hydrogen) atoms. The number of nitrogens with zero attached hydrogens (tertiary/aromatic N) is 1. The number of furan rings is 1. The highest BCUT2D eigenvalue weighted by atomic mass is 16.5. The highest BCUT2D eigenvalue weighted by Gasteiger charge is 2.35. The molecule has 0 spiro atoms. The Morgan fingerprint density at radius 3 is 2.84 bits per heavy atom. The predicted molar refractivity (Wildman–Crippen MR) is 90.4 cm³/mol. The minimum Gasteiger partial charge on any atom is -0.497 e. The third-order valence-electron chi connectivity index (χ3n) is 4.18. The molecule has 7 heteroatoms. The van der Waals surface area contributed by atoms with Crippen LogP contribution in [0.15, 0.2) is 41.0 Å². The van der Waals surface area contributed by atoms with E-state index in [1.54, 1.807) is 42.5 Å². The lowest BCUT2D eigenvalue weighted by Gasteiger charge is -2.16. The maximum atomic E-state index is 12.6. The van der Waals surface area contributed by atoms with Crippen LogP contribution in [0.2, 0.25) is 0 Å². The van der Waals surface area contributed by atoms with Crippen molar-refractivity contribution in [3.05, 3.63) is 42.4 Å². The smallest absolute Gasteiger partial charge is 0.229 e. The fraction of sp³-hybridized carbons (Fsp3) is 0.333. The van der Waals surface area contributed by atoms with Crippen LogP contribution < -0.4 is 14.8 Å². The number of likely N-dealkylation sites (tertiary alicyclic amines) is 1. The molecule has 1 atom stereocenters. The third-order valence-corrected chi connectivity index (χ3v) is 4.18. The van der Waals surface area contributed by atoms with Gasteiger partial charge in [-0.2, -0.15) is 0 Å². The summed E-state index contributed by atoms with van der Waals surface area (Å²) in [5.74, 6) is 1.14. The summed E-state index contributed by atoms with van der Waals surface area (Å²) in [7, 11) is 3.08. The molecule has 0 saturated carbocycles. The summed E-state index contributed by atoms with van der Waals surface area (Å²) in [5, 5.41) is 2.83. The first-order valence-electron chi connectivity index (χ1n) is 7.93. The summed E-state index contributed by atoms with van der Waals surface area (Å²) in [4.78, 5) is 26.3. The van der Waals surface area contributed by atoms with Gasteiger partial charge < -0.3 is 24.1 Å². The van der Waals surface area contributed by atoms with E-state index in [1.165, 1.54) is 7.11 Å². The Bertz CT molecular complexity index is 757. The first-order chi connectivity index (χ1) is 12.1. The van der Waals surface area contributed by atoms with E-state index in [1.807, 2.05) is 6.07 Å². The minimum atomic E-state index is -0.418. The summed E-state index contributed by atoms with van der Waals surface area (Å²) >= 11 is 0. The molecule has 1 saturated heterocycles. The number of carbonyl (C=O) groups excluding carboxylic acids is 2. The van der Waals surface area contributed by atoms with Crippen LogP contribution >= 0.6 is 0 Å². The van der Waals surface area contributed by atoms with Gasteiger partial charge in [-0.15, -0.1) is 0 Å². The lowest BCUT2D eigenvalue weighted by molar-refractivity contribution is -0.128. The second-order valence-corrected chi connectivity index (χ2v) is 5.81. The number of benzene rings is 1. The van der Waals surface area contributed by atoms with E-state index in [0.717, 1.165) is 0 Å². The summed E-state index contributed by atoms with van der Waals surface area (Å²) in [6.45, 7) is 0.732. The largest absolute Gasteiger partial charge is 0.497 e. The quantitative estimate of drug-likeness (QED) is 0.869. The van der Waals surface area contributed by atoms with Gasteiger partial charge in [-0.05, 0) is 24.3 Å². The molecule has 1 N–H and O–H groups in total. The zero-order valence-electron chi connectivity index (χ0n) is 14.2. The average Bonchev–Trinajstić information content (AvgIpc) is 3.25. The van der Waals surface area contributed by atoms with E-state index >= 15 is 0 Å².